The minimum atomic E-state index is -0.234. The second-order valence-electron chi connectivity index (χ2n) is 13.7. The molecule has 5 heteroatoms. The number of hydrogen-bond acceptors (Lipinski definition) is 0. The molecule has 0 aromatic heterocycles. The number of hydrogen-bond donors (Lipinski definition) is 0. The molecule has 0 spiro atoms. The third-order valence-corrected chi connectivity index (χ3v) is 8.86. The molecule has 0 aliphatic heterocycles. The van der Waals surface area contributed by atoms with Crippen molar-refractivity contribution in [3.05, 3.63) is 166 Å². The molecule has 4 aromatic rings. The summed E-state index contributed by atoms with van der Waals surface area (Å²) in [6, 6.07) is 26.9. The molecule has 1 unspecified atom stereocenters. The van der Waals surface area contributed by atoms with Crippen LogP contribution in [0, 0.1) is 41.8 Å². The van der Waals surface area contributed by atoms with Crippen LogP contribution in [0.3, 0.4) is 0 Å². The monoisotopic (exact) mass is 784 g/mol. The zero-order valence-electron chi connectivity index (χ0n) is 30.2. The number of allylic oxidation sites excluding steroid dienone is 8. The van der Waals surface area contributed by atoms with Gasteiger partial charge in [-0.3, -0.25) is 20.9 Å². The quantitative estimate of drug-likeness (QED) is 0.137. The van der Waals surface area contributed by atoms with E-state index < -0.39 is 0 Å². The molecule has 0 heterocycles. The van der Waals surface area contributed by atoms with Gasteiger partial charge >= 0.3 is 28.4 Å². The Morgan fingerprint density at radius 3 is 1.68 bits per heavy atom. The van der Waals surface area contributed by atoms with Crippen LogP contribution in [0.2, 0.25) is 0 Å². The second-order valence-corrected chi connectivity index (χ2v) is 13.7. The molecule has 0 bridgehead atoms. The summed E-state index contributed by atoms with van der Waals surface area (Å²) in [6.45, 7) is 17.9. The third-order valence-electron chi connectivity index (χ3n) is 8.86. The molecule has 4 aromatic carbocycles. The van der Waals surface area contributed by atoms with Crippen molar-refractivity contribution in [3.63, 3.8) is 0 Å². The Morgan fingerprint density at radius 1 is 0.760 bits per heavy atom. The van der Waals surface area contributed by atoms with Crippen LogP contribution in [-0.2, 0) is 41.5 Å². The maximum atomic E-state index is 11.9. The molecule has 0 N–H and O–H groups in total. The van der Waals surface area contributed by atoms with Crippen molar-refractivity contribution in [2.75, 3.05) is 0 Å². The fraction of sp³-hybridized carbons (Fsp3) is 0.267. The van der Waals surface area contributed by atoms with Gasteiger partial charge in [-0.1, -0.05) is 71.1 Å². The van der Waals surface area contributed by atoms with Crippen LogP contribution in [0.4, 0.5) is 8.78 Å². The van der Waals surface area contributed by atoms with E-state index in [4.69, 9.17) is 0 Å². The van der Waals surface area contributed by atoms with E-state index in [1.807, 2.05) is 6.08 Å². The van der Waals surface area contributed by atoms with Crippen LogP contribution < -0.4 is 0 Å². The zero-order valence-corrected chi connectivity index (χ0v) is 34.3. The molecule has 4 aliphatic rings. The second kappa shape index (κ2) is 18.5. The van der Waals surface area contributed by atoms with Crippen molar-refractivity contribution in [2.24, 2.45) is 5.92 Å². The van der Waals surface area contributed by atoms with Crippen LogP contribution in [0.1, 0.15) is 88.8 Å². The normalized spacial score (nSPS) is 16.7. The average Bonchev–Trinajstić information content (AvgIpc) is 3.74. The minimum absolute atomic E-state index is 0. The molecule has 0 saturated heterocycles. The van der Waals surface area contributed by atoms with Crippen molar-refractivity contribution < 1.29 is 33.0 Å². The summed E-state index contributed by atoms with van der Waals surface area (Å²) in [5.74, 6) is 0.0880. The zero-order chi connectivity index (χ0) is 35.2. The Morgan fingerprint density at radius 2 is 1.28 bits per heavy atom. The van der Waals surface area contributed by atoms with Gasteiger partial charge in [0.25, 0.3) is 0 Å². The molecule has 8 rings (SSSR count). The molecule has 0 amide bonds. The first-order valence-electron chi connectivity index (χ1n) is 16.3. The van der Waals surface area contributed by atoms with Crippen LogP contribution in [0.25, 0.3) is 22.3 Å². The Bertz CT molecular complexity index is 1760. The third kappa shape index (κ3) is 10.3. The summed E-state index contributed by atoms with van der Waals surface area (Å²) in [5.41, 5.74) is 15.9. The summed E-state index contributed by atoms with van der Waals surface area (Å²) < 4.78 is 27.1. The van der Waals surface area contributed by atoms with E-state index in [2.05, 4.69) is 120 Å². The van der Waals surface area contributed by atoms with Gasteiger partial charge in [0, 0.05) is 17.0 Å². The molecule has 1 atom stereocenters. The van der Waals surface area contributed by atoms with Crippen LogP contribution in [0.15, 0.2) is 96.6 Å². The molecular formula is C45H46Cl2F2Zr-4. The summed E-state index contributed by atoms with van der Waals surface area (Å²) in [5, 5.41) is 0. The standard InChI is InChI=1S/C25H25.C7H9.2C6H4F.CH2.2ClH.Zr/c1-14-12-24(3,4)22-8-16-7-17-9-23-19(15(2)13-25(23,5)6)11-21(17)20(16)10-18(14)22;1-6-3-4-7(2)5-6;2*7-6-4-2-1-3-5-6;;;;/h8-12H,7H2,1-6H3;3,5,7H,1-2H3;2*1-2,4-5H;1H2;2*1H;/q4*-1;;;;. The van der Waals surface area contributed by atoms with Gasteiger partial charge in [0.1, 0.15) is 0 Å². The van der Waals surface area contributed by atoms with E-state index in [0.717, 1.165) is 6.42 Å². The molecule has 0 radical (unpaired) electrons. The maximum absolute atomic E-state index is 11.9. The Hall–Kier alpha value is -2.97. The van der Waals surface area contributed by atoms with Crippen LogP contribution in [-0.4, -0.2) is 4.21 Å². The van der Waals surface area contributed by atoms with Crippen molar-refractivity contribution in [1.29, 1.82) is 0 Å². The molecule has 0 nitrogen and oxygen atoms in total. The van der Waals surface area contributed by atoms with Gasteiger partial charge in [-0.05, 0) is 58.4 Å². The first-order chi connectivity index (χ1) is 22.7. The van der Waals surface area contributed by atoms with Crippen LogP contribution >= 0.6 is 24.8 Å². The Labute approximate surface area is 326 Å². The van der Waals surface area contributed by atoms with E-state index in [9.17, 15) is 8.78 Å². The number of fused-ring (bicyclic) bond motifs is 5. The molecule has 0 saturated carbocycles. The predicted molar refractivity (Wildman–Crippen MR) is 210 cm³/mol. The van der Waals surface area contributed by atoms with Gasteiger partial charge in [0.05, 0.1) is 0 Å². The summed E-state index contributed by atoms with van der Waals surface area (Å²) in [4.78, 5) is 0. The molecular weight excluding hydrogens is 741 g/mol. The van der Waals surface area contributed by atoms with Gasteiger partial charge in [-0.15, -0.1) is 67.6 Å². The SMILES string of the molecule is CC1=CC(C)[C-]=C1.CC1=[C-]C(C)(C)c2cc3c(cc21)-c1cc2c(cc1C3)C(C)(C)C=C2C.Cl.Cl.Fc1c[c-]ccc1.Fc1c[c-]ccc1.[CH2]=[Zr]. The van der Waals surface area contributed by atoms with E-state index in [1.165, 1.54) is 110 Å². The summed E-state index contributed by atoms with van der Waals surface area (Å²) in [6.07, 6.45) is 14.5. The summed E-state index contributed by atoms with van der Waals surface area (Å²) >= 11 is 1.30. The van der Waals surface area contributed by atoms with Gasteiger partial charge in [0.2, 0.25) is 0 Å². The first kappa shape index (κ1) is 43.2. The molecule has 0 fully saturated rings. The van der Waals surface area contributed by atoms with E-state index in [-0.39, 0.29) is 47.3 Å². The van der Waals surface area contributed by atoms with E-state index >= 15 is 0 Å². The van der Waals surface area contributed by atoms with Crippen LogP contribution in [0.5, 0.6) is 0 Å². The Kier molecular flexibility index (Phi) is 16.0. The van der Waals surface area contributed by atoms with Crippen molar-refractivity contribution in [3.8, 4) is 11.1 Å². The predicted octanol–water partition coefficient (Wildman–Crippen LogP) is 12.5. The van der Waals surface area contributed by atoms with Crippen molar-refractivity contribution in [2.45, 2.75) is 72.6 Å². The van der Waals surface area contributed by atoms with Gasteiger partial charge in [-0.25, -0.2) is 17.2 Å². The first-order valence-corrected chi connectivity index (χ1v) is 18.0. The van der Waals surface area contributed by atoms with Gasteiger partial charge in [0.15, 0.2) is 0 Å². The number of rotatable bonds is 0. The van der Waals surface area contributed by atoms with Crippen molar-refractivity contribution in [1.82, 2.24) is 0 Å². The van der Waals surface area contributed by atoms with Crippen molar-refractivity contribution >= 4 is 40.2 Å². The number of benzene rings is 4. The van der Waals surface area contributed by atoms with Gasteiger partial charge < -0.3 is 0 Å². The fourth-order valence-electron chi connectivity index (χ4n) is 6.77. The summed E-state index contributed by atoms with van der Waals surface area (Å²) in [7, 11) is 0. The van der Waals surface area contributed by atoms with E-state index in [1.54, 1.807) is 24.3 Å². The Balaban J connectivity index is 0.000000284. The topological polar surface area (TPSA) is 0 Å². The van der Waals surface area contributed by atoms with Gasteiger partial charge in [-0.2, -0.15) is 48.0 Å². The van der Waals surface area contributed by atoms with E-state index in [0.29, 0.717) is 5.92 Å². The average molecular weight is 787 g/mol. The molecule has 262 valence electrons. The number of halogens is 4. The molecule has 50 heavy (non-hydrogen) atoms. The fourth-order valence-corrected chi connectivity index (χ4v) is 6.77. The molecule has 4 aliphatic carbocycles.